The van der Waals surface area contributed by atoms with Crippen molar-refractivity contribution in [3.05, 3.63) is 0 Å². The molecule has 0 saturated carbocycles. The summed E-state index contributed by atoms with van der Waals surface area (Å²) in [5.41, 5.74) is -1.00. The van der Waals surface area contributed by atoms with Crippen LogP contribution in [0.3, 0.4) is 0 Å². The lowest BCUT2D eigenvalue weighted by Crippen LogP contribution is -2.62. The molecular weight excluding hydrogens is 232 g/mol. The first-order chi connectivity index (χ1) is 8.44. The van der Waals surface area contributed by atoms with Gasteiger partial charge in [-0.1, -0.05) is 0 Å². The van der Waals surface area contributed by atoms with E-state index in [2.05, 4.69) is 10.2 Å². The molecule has 1 unspecified atom stereocenters. The highest BCUT2D eigenvalue weighted by Gasteiger charge is 2.49. The summed E-state index contributed by atoms with van der Waals surface area (Å²) < 4.78 is 11.1. The largest absolute Gasteiger partial charge is 0.459 e. The van der Waals surface area contributed by atoms with Gasteiger partial charge < -0.3 is 14.8 Å². The molecular formula is C13H24N2O3. The fourth-order valence-electron chi connectivity index (χ4n) is 2.56. The van der Waals surface area contributed by atoms with Gasteiger partial charge in [-0.2, -0.15) is 0 Å². The molecule has 0 bridgehead atoms. The van der Waals surface area contributed by atoms with Crippen LogP contribution in [0.5, 0.6) is 0 Å². The normalized spacial score (nSPS) is 30.4. The van der Waals surface area contributed by atoms with Crippen molar-refractivity contribution >= 4 is 5.97 Å². The number of esters is 1. The lowest BCUT2D eigenvalue weighted by atomic mass is 9.95. The highest BCUT2D eigenvalue weighted by Crippen LogP contribution is 2.29. The Labute approximate surface area is 109 Å². The molecule has 5 nitrogen and oxygen atoms in total. The smallest absolute Gasteiger partial charge is 0.329 e. The molecule has 2 aliphatic heterocycles. The van der Waals surface area contributed by atoms with E-state index in [1.54, 1.807) is 0 Å². The molecule has 0 spiro atoms. The Morgan fingerprint density at radius 3 is 2.50 bits per heavy atom. The Kier molecular flexibility index (Phi) is 3.94. The van der Waals surface area contributed by atoms with E-state index in [0.29, 0.717) is 13.2 Å². The topological polar surface area (TPSA) is 50.8 Å². The van der Waals surface area contributed by atoms with Gasteiger partial charge in [0.2, 0.25) is 0 Å². The van der Waals surface area contributed by atoms with Crippen molar-refractivity contribution in [1.29, 1.82) is 0 Å². The van der Waals surface area contributed by atoms with Crippen LogP contribution in [0.25, 0.3) is 0 Å². The monoisotopic (exact) mass is 256 g/mol. The average Bonchev–Trinajstić information content (AvgIpc) is 2.78. The highest BCUT2D eigenvalue weighted by atomic mass is 16.6. The summed E-state index contributed by atoms with van der Waals surface area (Å²) in [4.78, 5) is 14.7. The van der Waals surface area contributed by atoms with E-state index in [-0.39, 0.29) is 5.97 Å². The van der Waals surface area contributed by atoms with E-state index in [0.717, 1.165) is 32.6 Å². The van der Waals surface area contributed by atoms with Crippen molar-refractivity contribution in [3.63, 3.8) is 0 Å². The third-order valence-electron chi connectivity index (χ3n) is 3.50. The third kappa shape index (κ3) is 2.84. The Hall–Kier alpha value is -0.650. The van der Waals surface area contributed by atoms with Crippen molar-refractivity contribution < 1.29 is 14.3 Å². The number of rotatable bonds is 2. The van der Waals surface area contributed by atoms with Crippen LogP contribution in [0.2, 0.25) is 0 Å². The SMILES string of the molecule is CC(C)(C)OC(=O)C1(N2CCNCC2)CCOC1. The Balaban J connectivity index is 2.12. The molecule has 5 heteroatoms. The van der Waals surface area contributed by atoms with Gasteiger partial charge in [0, 0.05) is 39.2 Å². The van der Waals surface area contributed by atoms with Gasteiger partial charge in [0.25, 0.3) is 0 Å². The molecule has 0 aromatic rings. The molecule has 0 aliphatic carbocycles. The molecule has 18 heavy (non-hydrogen) atoms. The van der Waals surface area contributed by atoms with Crippen LogP contribution in [0.15, 0.2) is 0 Å². The van der Waals surface area contributed by atoms with Gasteiger partial charge in [-0.25, -0.2) is 4.79 Å². The molecule has 1 atom stereocenters. The first kappa shape index (κ1) is 13.8. The standard InChI is InChI=1S/C13H24N2O3/c1-12(2,3)18-11(16)13(4-9-17-10-13)15-7-5-14-6-8-15/h14H,4-10H2,1-3H3. The molecule has 2 heterocycles. The minimum atomic E-state index is -0.560. The zero-order valence-electron chi connectivity index (χ0n) is 11.6. The van der Waals surface area contributed by atoms with Crippen LogP contribution >= 0.6 is 0 Å². The number of hydrogen-bond acceptors (Lipinski definition) is 5. The second-order valence-electron chi connectivity index (χ2n) is 6.07. The van der Waals surface area contributed by atoms with Gasteiger partial charge in [-0.15, -0.1) is 0 Å². The minimum Gasteiger partial charge on any atom is -0.459 e. The van der Waals surface area contributed by atoms with Crippen molar-refractivity contribution in [1.82, 2.24) is 10.2 Å². The molecule has 2 fully saturated rings. The van der Waals surface area contributed by atoms with E-state index < -0.39 is 11.1 Å². The first-order valence-electron chi connectivity index (χ1n) is 6.71. The minimum absolute atomic E-state index is 0.130. The maximum Gasteiger partial charge on any atom is 0.329 e. The molecule has 0 aromatic heterocycles. The van der Waals surface area contributed by atoms with Crippen LogP contribution in [0.1, 0.15) is 27.2 Å². The zero-order chi connectivity index (χ0) is 13.2. The van der Waals surface area contributed by atoms with E-state index in [4.69, 9.17) is 9.47 Å². The molecule has 1 N–H and O–H groups in total. The van der Waals surface area contributed by atoms with Crippen molar-refractivity contribution in [2.24, 2.45) is 0 Å². The number of nitrogens with one attached hydrogen (secondary N) is 1. The van der Waals surface area contributed by atoms with Crippen LogP contribution in [-0.4, -0.2) is 61.4 Å². The van der Waals surface area contributed by atoms with E-state index in [1.165, 1.54) is 0 Å². The van der Waals surface area contributed by atoms with E-state index in [9.17, 15) is 4.79 Å². The predicted octanol–water partition coefficient (Wildman–Crippen LogP) is 0.392. The third-order valence-corrected chi connectivity index (χ3v) is 3.50. The van der Waals surface area contributed by atoms with E-state index >= 15 is 0 Å². The summed E-state index contributed by atoms with van der Waals surface area (Å²) in [6.45, 7) is 10.4. The molecule has 0 amide bonds. The van der Waals surface area contributed by atoms with Crippen molar-refractivity contribution in [2.45, 2.75) is 38.3 Å². The summed E-state index contributed by atoms with van der Waals surface area (Å²) in [6, 6.07) is 0. The molecule has 2 saturated heterocycles. The van der Waals surface area contributed by atoms with Crippen LogP contribution in [-0.2, 0) is 14.3 Å². The van der Waals surface area contributed by atoms with Gasteiger partial charge in [-0.3, -0.25) is 4.90 Å². The van der Waals surface area contributed by atoms with Crippen LogP contribution in [0, 0.1) is 0 Å². The lowest BCUT2D eigenvalue weighted by molar-refractivity contribution is -0.170. The predicted molar refractivity (Wildman–Crippen MR) is 68.5 cm³/mol. The number of piperazine rings is 1. The number of carbonyl (C=O) groups excluding carboxylic acids is 1. The molecule has 0 radical (unpaired) electrons. The average molecular weight is 256 g/mol. The van der Waals surface area contributed by atoms with Crippen molar-refractivity contribution in [2.75, 3.05) is 39.4 Å². The maximum absolute atomic E-state index is 12.5. The number of hydrogen-bond donors (Lipinski definition) is 1. The Morgan fingerprint density at radius 2 is 2.00 bits per heavy atom. The Bertz CT molecular complexity index is 300. The Morgan fingerprint density at radius 1 is 1.33 bits per heavy atom. The fraction of sp³-hybridized carbons (Fsp3) is 0.923. The number of carbonyl (C=O) groups is 1. The number of nitrogens with zero attached hydrogens (tertiary/aromatic N) is 1. The zero-order valence-corrected chi connectivity index (χ0v) is 11.6. The summed E-state index contributed by atoms with van der Waals surface area (Å²) >= 11 is 0. The fourth-order valence-corrected chi connectivity index (χ4v) is 2.56. The molecule has 0 aromatic carbocycles. The van der Waals surface area contributed by atoms with Crippen LogP contribution < -0.4 is 5.32 Å². The van der Waals surface area contributed by atoms with Crippen LogP contribution in [0.4, 0.5) is 0 Å². The van der Waals surface area contributed by atoms with Gasteiger partial charge in [0.05, 0.1) is 6.61 Å². The van der Waals surface area contributed by atoms with E-state index in [1.807, 2.05) is 20.8 Å². The highest BCUT2D eigenvalue weighted by molar-refractivity contribution is 5.82. The molecule has 2 aliphatic rings. The molecule has 104 valence electrons. The van der Waals surface area contributed by atoms with Gasteiger partial charge in [0.15, 0.2) is 0 Å². The second kappa shape index (κ2) is 5.15. The molecule has 2 rings (SSSR count). The summed E-state index contributed by atoms with van der Waals surface area (Å²) in [5.74, 6) is -0.130. The number of ether oxygens (including phenoxy) is 2. The van der Waals surface area contributed by atoms with Gasteiger partial charge in [-0.05, 0) is 20.8 Å². The summed E-state index contributed by atoms with van der Waals surface area (Å²) in [5, 5.41) is 3.31. The van der Waals surface area contributed by atoms with Gasteiger partial charge in [0.1, 0.15) is 11.1 Å². The summed E-state index contributed by atoms with van der Waals surface area (Å²) in [7, 11) is 0. The first-order valence-corrected chi connectivity index (χ1v) is 6.71. The quantitative estimate of drug-likeness (QED) is 0.724. The maximum atomic E-state index is 12.5. The van der Waals surface area contributed by atoms with Crippen molar-refractivity contribution in [3.8, 4) is 0 Å². The summed E-state index contributed by atoms with van der Waals surface area (Å²) in [6.07, 6.45) is 0.738. The second-order valence-corrected chi connectivity index (χ2v) is 6.07. The lowest BCUT2D eigenvalue weighted by Gasteiger charge is -2.41. The van der Waals surface area contributed by atoms with Gasteiger partial charge >= 0.3 is 5.97 Å².